The van der Waals surface area contributed by atoms with Crippen LogP contribution < -0.4 is 11.1 Å². The molecule has 2 rings (SSSR count). The summed E-state index contributed by atoms with van der Waals surface area (Å²) in [4.78, 5) is 11.0. The van der Waals surface area contributed by atoms with E-state index < -0.39 is 23.4 Å². The lowest BCUT2D eigenvalue weighted by atomic mass is 10.1. The number of amides is 1. The maximum Gasteiger partial charge on any atom is 0.248 e. The minimum absolute atomic E-state index is 0.142. The molecule has 20 heavy (non-hydrogen) atoms. The molecule has 0 saturated carbocycles. The summed E-state index contributed by atoms with van der Waals surface area (Å²) < 4.78 is 39.2. The van der Waals surface area contributed by atoms with Gasteiger partial charge in [0.2, 0.25) is 5.91 Å². The van der Waals surface area contributed by atoms with Crippen LogP contribution in [-0.4, -0.2) is 5.91 Å². The molecule has 0 unspecified atom stereocenters. The van der Waals surface area contributed by atoms with Crippen LogP contribution in [0.1, 0.15) is 15.9 Å². The zero-order valence-electron chi connectivity index (χ0n) is 10.3. The van der Waals surface area contributed by atoms with E-state index in [0.29, 0.717) is 17.2 Å². The summed E-state index contributed by atoms with van der Waals surface area (Å²) in [6, 6.07) is 7.60. The molecule has 0 spiro atoms. The molecule has 0 aliphatic heterocycles. The van der Waals surface area contributed by atoms with Crippen LogP contribution in [0.2, 0.25) is 0 Å². The first-order valence-electron chi connectivity index (χ1n) is 5.74. The van der Waals surface area contributed by atoms with Crippen LogP contribution in [-0.2, 0) is 6.54 Å². The predicted molar refractivity (Wildman–Crippen MR) is 68.6 cm³/mol. The van der Waals surface area contributed by atoms with Gasteiger partial charge in [-0.3, -0.25) is 4.79 Å². The average Bonchev–Trinajstić information content (AvgIpc) is 2.41. The minimum atomic E-state index is -1.25. The number of rotatable bonds is 4. The van der Waals surface area contributed by atoms with Gasteiger partial charge in [-0.25, -0.2) is 13.2 Å². The second-order valence-electron chi connectivity index (χ2n) is 4.16. The van der Waals surface area contributed by atoms with Crippen molar-refractivity contribution in [3.8, 4) is 0 Å². The van der Waals surface area contributed by atoms with E-state index in [0.717, 1.165) is 6.07 Å². The van der Waals surface area contributed by atoms with Crippen LogP contribution in [0.3, 0.4) is 0 Å². The van der Waals surface area contributed by atoms with E-state index in [1.807, 2.05) is 0 Å². The van der Waals surface area contributed by atoms with Gasteiger partial charge in [-0.15, -0.1) is 0 Å². The summed E-state index contributed by atoms with van der Waals surface area (Å²) in [5.41, 5.74) is 5.95. The van der Waals surface area contributed by atoms with Gasteiger partial charge in [-0.2, -0.15) is 0 Å². The first kappa shape index (κ1) is 13.9. The van der Waals surface area contributed by atoms with Gasteiger partial charge in [-0.05, 0) is 17.7 Å². The number of carbonyl (C=O) groups is 1. The van der Waals surface area contributed by atoms with Crippen molar-refractivity contribution in [2.45, 2.75) is 6.54 Å². The van der Waals surface area contributed by atoms with Crippen molar-refractivity contribution >= 4 is 11.6 Å². The minimum Gasteiger partial charge on any atom is -0.379 e. The van der Waals surface area contributed by atoms with E-state index in [1.54, 1.807) is 18.2 Å². The van der Waals surface area contributed by atoms with Gasteiger partial charge in [0.15, 0.2) is 11.6 Å². The lowest BCUT2D eigenvalue weighted by Crippen LogP contribution is -2.11. The number of primary amides is 1. The maximum absolute atomic E-state index is 13.4. The zero-order valence-corrected chi connectivity index (χ0v) is 10.3. The highest BCUT2D eigenvalue weighted by Crippen LogP contribution is 2.19. The average molecular weight is 280 g/mol. The normalized spacial score (nSPS) is 10.3. The molecule has 6 heteroatoms. The van der Waals surface area contributed by atoms with Crippen LogP contribution in [0.4, 0.5) is 18.9 Å². The van der Waals surface area contributed by atoms with Crippen molar-refractivity contribution < 1.29 is 18.0 Å². The third-order valence-electron chi connectivity index (χ3n) is 2.70. The highest BCUT2D eigenvalue weighted by atomic mass is 19.2. The van der Waals surface area contributed by atoms with Crippen LogP contribution in [0.5, 0.6) is 0 Å². The molecule has 0 radical (unpaired) electrons. The third-order valence-corrected chi connectivity index (χ3v) is 2.70. The Kier molecular flexibility index (Phi) is 3.93. The first-order valence-corrected chi connectivity index (χ1v) is 5.74. The highest BCUT2D eigenvalue weighted by Gasteiger charge is 2.09. The number of carbonyl (C=O) groups excluding carboxylic acids is 1. The number of benzene rings is 2. The van der Waals surface area contributed by atoms with Crippen molar-refractivity contribution in [2.24, 2.45) is 5.73 Å². The van der Waals surface area contributed by atoms with Crippen LogP contribution in [0.15, 0.2) is 36.4 Å². The Morgan fingerprint density at radius 3 is 2.45 bits per heavy atom. The highest BCUT2D eigenvalue weighted by molar-refractivity contribution is 5.92. The second-order valence-corrected chi connectivity index (χ2v) is 4.16. The second kappa shape index (κ2) is 5.64. The van der Waals surface area contributed by atoms with E-state index in [9.17, 15) is 18.0 Å². The molecule has 3 N–H and O–H groups in total. The fraction of sp³-hybridized carbons (Fsp3) is 0.0714. The van der Waals surface area contributed by atoms with Crippen molar-refractivity contribution in [3.63, 3.8) is 0 Å². The fourth-order valence-electron chi connectivity index (χ4n) is 1.69. The molecule has 1 amide bonds. The summed E-state index contributed by atoms with van der Waals surface area (Å²) in [6.45, 7) is 0.142. The van der Waals surface area contributed by atoms with Crippen LogP contribution >= 0.6 is 0 Å². The molecule has 0 aliphatic carbocycles. The van der Waals surface area contributed by atoms with Gasteiger partial charge < -0.3 is 11.1 Å². The lowest BCUT2D eigenvalue weighted by molar-refractivity contribution is 0.1000. The Balaban J connectivity index is 2.15. The van der Waals surface area contributed by atoms with Crippen molar-refractivity contribution in [2.75, 3.05) is 5.32 Å². The van der Waals surface area contributed by atoms with Crippen molar-refractivity contribution in [1.29, 1.82) is 0 Å². The molecule has 0 atom stereocenters. The quantitative estimate of drug-likeness (QED) is 0.846. The molecule has 0 heterocycles. The zero-order chi connectivity index (χ0) is 14.7. The number of nitrogens with two attached hydrogens (primary N) is 1. The van der Waals surface area contributed by atoms with Crippen LogP contribution in [0.25, 0.3) is 0 Å². The summed E-state index contributed by atoms with van der Waals surface area (Å²) in [5, 5.41) is 2.63. The van der Waals surface area contributed by atoms with Gasteiger partial charge in [0.1, 0.15) is 5.82 Å². The standard InChI is InChI=1S/C14H11F3N2O/c15-10-5-12(17)13(6-11(10)16)19-7-8-2-1-3-9(4-8)14(18)20/h1-6,19H,7H2,(H2,18,20). The monoisotopic (exact) mass is 280 g/mol. The molecule has 2 aromatic rings. The fourth-order valence-corrected chi connectivity index (χ4v) is 1.69. The summed E-state index contributed by atoms with van der Waals surface area (Å²) >= 11 is 0. The van der Waals surface area contributed by atoms with Gasteiger partial charge in [0.05, 0.1) is 5.69 Å². The van der Waals surface area contributed by atoms with Crippen molar-refractivity contribution in [1.82, 2.24) is 0 Å². The molecule has 0 aliphatic rings. The molecular weight excluding hydrogens is 269 g/mol. The largest absolute Gasteiger partial charge is 0.379 e. The van der Waals surface area contributed by atoms with Gasteiger partial charge >= 0.3 is 0 Å². The maximum atomic E-state index is 13.4. The summed E-state index contributed by atoms with van der Waals surface area (Å²) in [6.07, 6.45) is 0. The van der Waals surface area contributed by atoms with E-state index in [4.69, 9.17) is 5.73 Å². The van der Waals surface area contributed by atoms with Gasteiger partial charge in [-0.1, -0.05) is 12.1 Å². The molecule has 3 nitrogen and oxygen atoms in total. The predicted octanol–water partition coefficient (Wildman–Crippen LogP) is 2.81. The molecule has 0 aromatic heterocycles. The number of nitrogens with one attached hydrogen (secondary N) is 1. The smallest absolute Gasteiger partial charge is 0.248 e. The Morgan fingerprint density at radius 1 is 1.05 bits per heavy atom. The molecule has 104 valence electrons. The Morgan fingerprint density at radius 2 is 1.75 bits per heavy atom. The van der Waals surface area contributed by atoms with E-state index in [-0.39, 0.29) is 12.2 Å². The van der Waals surface area contributed by atoms with E-state index in [2.05, 4.69) is 5.32 Å². The summed E-state index contributed by atoms with van der Waals surface area (Å²) in [5.74, 6) is -3.86. The van der Waals surface area contributed by atoms with E-state index in [1.165, 1.54) is 6.07 Å². The molecule has 0 fully saturated rings. The molecule has 2 aromatic carbocycles. The Hall–Kier alpha value is -2.50. The molecular formula is C14H11F3N2O. The lowest BCUT2D eigenvalue weighted by Gasteiger charge is -2.09. The number of anilines is 1. The Bertz CT molecular complexity index is 659. The number of hydrogen-bond donors (Lipinski definition) is 2. The third kappa shape index (κ3) is 3.09. The molecule has 0 bridgehead atoms. The molecule has 0 saturated heterocycles. The Labute approximate surface area is 113 Å². The first-order chi connectivity index (χ1) is 9.47. The number of hydrogen-bond acceptors (Lipinski definition) is 2. The van der Waals surface area contributed by atoms with Gasteiger partial charge in [0.25, 0.3) is 0 Å². The van der Waals surface area contributed by atoms with Crippen LogP contribution in [0, 0.1) is 17.5 Å². The SMILES string of the molecule is NC(=O)c1cccc(CNc2cc(F)c(F)cc2F)c1. The summed E-state index contributed by atoms with van der Waals surface area (Å²) in [7, 11) is 0. The van der Waals surface area contributed by atoms with E-state index >= 15 is 0 Å². The topological polar surface area (TPSA) is 55.1 Å². The number of halogens is 3. The van der Waals surface area contributed by atoms with Crippen molar-refractivity contribution in [3.05, 3.63) is 65.0 Å². The van der Waals surface area contributed by atoms with Gasteiger partial charge in [0, 0.05) is 24.2 Å².